The maximum Gasteiger partial charge on any atom is 0.254 e. The molecule has 0 spiro atoms. The molecule has 33 heavy (non-hydrogen) atoms. The summed E-state index contributed by atoms with van der Waals surface area (Å²) >= 11 is 0. The monoisotopic (exact) mass is 449 g/mol. The molecule has 1 saturated heterocycles. The fourth-order valence-corrected chi connectivity index (χ4v) is 5.45. The second kappa shape index (κ2) is 9.84. The Morgan fingerprint density at radius 3 is 2.64 bits per heavy atom. The number of amides is 1. The number of aliphatic hydroxyl groups excluding tert-OH is 1. The van der Waals surface area contributed by atoms with Gasteiger partial charge in [0.2, 0.25) is 0 Å². The van der Waals surface area contributed by atoms with E-state index >= 15 is 0 Å². The molecule has 2 aromatic rings. The minimum Gasteiger partial charge on any atom is -0.489 e. The number of aliphatic hydroxyl groups is 1. The summed E-state index contributed by atoms with van der Waals surface area (Å²) in [6.07, 6.45) is 2.55. The van der Waals surface area contributed by atoms with Gasteiger partial charge in [-0.1, -0.05) is 31.2 Å². The average molecular weight is 450 g/mol. The van der Waals surface area contributed by atoms with Crippen LogP contribution in [-0.2, 0) is 19.4 Å². The lowest BCUT2D eigenvalue weighted by molar-refractivity contribution is 0.0492. The molecule has 0 radical (unpaired) electrons. The van der Waals surface area contributed by atoms with E-state index < -0.39 is 6.10 Å². The van der Waals surface area contributed by atoms with E-state index in [1.54, 1.807) is 0 Å². The first-order chi connectivity index (χ1) is 16.1. The topological polar surface area (TPSA) is 56.2 Å². The summed E-state index contributed by atoms with van der Waals surface area (Å²) in [4.78, 5) is 19.6. The molecule has 2 unspecified atom stereocenters. The van der Waals surface area contributed by atoms with Gasteiger partial charge in [0.1, 0.15) is 11.9 Å². The zero-order valence-corrected chi connectivity index (χ0v) is 19.6. The van der Waals surface area contributed by atoms with Gasteiger partial charge in [0.25, 0.3) is 5.91 Å². The number of carbonyl (C=O) groups is 1. The smallest absolute Gasteiger partial charge is 0.254 e. The summed E-state index contributed by atoms with van der Waals surface area (Å²) in [6, 6.07) is 14.4. The van der Waals surface area contributed by atoms with Crippen LogP contribution in [0.3, 0.4) is 0 Å². The van der Waals surface area contributed by atoms with Crippen molar-refractivity contribution in [2.45, 2.75) is 44.9 Å². The van der Waals surface area contributed by atoms with Crippen molar-refractivity contribution in [3.63, 3.8) is 0 Å². The number of hydrogen-bond donors (Lipinski definition) is 1. The Labute approximate surface area is 196 Å². The van der Waals surface area contributed by atoms with Gasteiger partial charge in [-0.15, -0.1) is 0 Å². The molecule has 6 nitrogen and oxygen atoms in total. The molecule has 0 aliphatic carbocycles. The van der Waals surface area contributed by atoms with E-state index in [2.05, 4.69) is 41.0 Å². The van der Waals surface area contributed by atoms with Crippen LogP contribution in [0.1, 0.15) is 40.4 Å². The lowest BCUT2D eigenvalue weighted by Gasteiger charge is -2.34. The highest BCUT2D eigenvalue weighted by atomic mass is 16.5. The number of likely N-dealkylation sites (N-methyl/N-ethyl adjacent to an activating group) is 1. The number of fused-ring (bicyclic) bond motifs is 2. The predicted molar refractivity (Wildman–Crippen MR) is 129 cm³/mol. The fourth-order valence-electron chi connectivity index (χ4n) is 5.45. The van der Waals surface area contributed by atoms with Crippen LogP contribution < -0.4 is 4.74 Å². The SMILES string of the molecule is CCN1CCC(Oc2ccc3c(c2)CCN(CC(O)CN2CCc4ccccc4C2)C3=O)C1. The Balaban J connectivity index is 1.16. The third-order valence-electron chi connectivity index (χ3n) is 7.33. The standard InChI is InChI=1S/C27H35N3O3/c1-2-28-13-11-25(19-28)33-24-7-8-26-21(15-24)10-14-30(27(26)32)18-23(31)17-29-12-9-20-5-3-4-6-22(20)16-29/h3-8,15,23,25,31H,2,9-14,16-19H2,1H3. The molecule has 1 fully saturated rings. The van der Waals surface area contributed by atoms with Gasteiger partial charge in [-0.2, -0.15) is 0 Å². The van der Waals surface area contributed by atoms with Gasteiger partial charge in [0.15, 0.2) is 0 Å². The highest BCUT2D eigenvalue weighted by Crippen LogP contribution is 2.26. The van der Waals surface area contributed by atoms with Crippen LogP contribution in [0.5, 0.6) is 5.75 Å². The summed E-state index contributed by atoms with van der Waals surface area (Å²) in [5, 5.41) is 10.8. The number of ether oxygens (including phenoxy) is 1. The number of benzene rings is 2. The van der Waals surface area contributed by atoms with Crippen LogP contribution in [0.2, 0.25) is 0 Å². The minimum atomic E-state index is -0.549. The van der Waals surface area contributed by atoms with E-state index in [0.29, 0.717) is 19.6 Å². The number of carbonyl (C=O) groups excluding carboxylic acids is 1. The zero-order valence-electron chi connectivity index (χ0n) is 19.6. The molecule has 1 amide bonds. The van der Waals surface area contributed by atoms with Crippen molar-refractivity contribution in [1.82, 2.24) is 14.7 Å². The summed E-state index contributed by atoms with van der Waals surface area (Å²) in [5.74, 6) is 0.882. The lowest BCUT2D eigenvalue weighted by atomic mass is 9.98. The normalized spacial score (nSPS) is 22.2. The number of rotatable bonds is 7. The third kappa shape index (κ3) is 5.08. The maximum absolute atomic E-state index is 13.1. The minimum absolute atomic E-state index is 0.0175. The molecule has 6 heteroatoms. The van der Waals surface area contributed by atoms with Gasteiger partial charge in [-0.25, -0.2) is 0 Å². The van der Waals surface area contributed by atoms with Gasteiger partial charge in [0, 0.05) is 51.4 Å². The second-order valence-corrected chi connectivity index (χ2v) is 9.65. The third-order valence-corrected chi connectivity index (χ3v) is 7.33. The molecule has 0 aromatic heterocycles. The Morgan fingerprint density at radius 1 is 1.00 bits per heavy atom. The second-order valence-electron chi connectivity index (χ2n) is 9.65. The van der Waals surface area contributed by atoms with E-state index in [-0.39, 0.29) is 12.0 Å². The van der Waals surface area contributed by atoms with E-state index in [4.69, 9.17) is 4.74 Å². The van der Waals surface area contributed by atoms with Crippen LogP contribution in [0, 0.1) is 0 Å². The number of likely N-dealkylation sites (tertiary alicyclic amines) is 1. The first-order valence-electron chi connectivity index (χ1n) is 12.4. The van der Waals surface area contributed by atoms with Crippen molar-refractivity contribution >= 4 is 5.91 Å². The van der Waals surface area contributed by atoms with Gasteiger partial charge in [-0.3, -0.25) is 14.6 Å². The lowest BCUT2D eigenvalue weighted by Crippen LogP contribution is -2.46. The van der Waals surface area contributed by atoms with Crippen molar-refractivity contribution in [3.8, 4) is 5.75 Å². The molecule has 0 saturated carbocycles. The first-order valence-corrected chi connectivity index (χ1v) is 12.4. The summed E-state index contributed by atoms with van der Waals surface area (Å²) < 4.78 is 6.20. The molecular weight excluding hydrogens is 414 g/mol. The van der Waals surface area contributed by atoms with Crippen molar-refractivity contribution in [1.29, 1.82) is 0 Å². The highest BCUT2D eigenvalue weighted by Gasteiger charge is 2.28. The molecule has 176 valence electrons. The Morgan fingerprint density at radius 2 is 1.82 bits per heavy atom. The van der Waals surface area contributed by atoms with E-state index in [0.717, 1.165) is 68.9 Å². The molecule has 3 heterocycles. The largest absolute Gasteiger partial charge is 0.489 e. The zero-order chi connectivity index (χ0) is 22.8. The molecule has 5 rings (SSSR count). The van der Waals surface area contributed by atoms with Crippen molar-refractivity contribution in [3.05, 3.63) is 64.7 Å². The summed E-state index contributed by atoms with van der Waals surface area (Å²) in [6.45, 7) is 8.73. The highest BCUT2D eigenvalue weighted by molar-refractivity contribution is 5.97. The number of hydrogen-bond acceptors (Lipinski definition) is 5. The van der Waals surface area contributed by atoms with E-state index in [1.807, 2.05) is 23.1 Å². The van der Waals surface area contributed by atoms with Crippen LogP contribution in [0.4, 0.5) is 0 Å². The average Bonchev–Trinajstić information content (AvgIpc) is 3.28. The van der Waals surface area contributed by atoms with Crippen LogP contribution in [0.25, 0.3) is 0 Å². The van der Waals surface area contributed by atoms with Gasteiger partial charge in [-0.05, 0) is 60.7 Å². The van der Waals surface area contributed by atoms with E-state index in [9.17, 15) is 9.90 Å². The molecular formula is C27H35N3O3. The van der Waals surface area contributed by atoms with Gasteiger partial charge in [0.05, 0.1) is 6.10 Å². The van der Waals surface area contributed by atoms with Crippen molar-refractivity contribution < 1.29 is 14.6 Å². The van der Waals surface area contributed by atoms with Gasteiger partial charge < -0.3 is 14.7 Å². The maximum atomic E-state index is 13.1. The first kappa shape index (κ1) is 22.4. The molecule has 0 bridgehead atoms. The summed E-state index contributed by atoms with van der Waals surface area (Å²) in [5.41, 5.74) is 4.55. The number of β-amino-alcohol motifs (C(OH)–C–C–N with tert-alkyl or cyclic N) is 1. The Bertz CT molecular complexity index is 994. The Kier molecular flexibility index (Phi) is 6.67. The van der Waals surface area contributed by atoms with Crippen LogP contribution in [0.15, 0.2) is 42.5 Å². The molecule has 1 N–H and O–H groups in total. The molecule has 2 atom stereocenters. The van der Waals surface area contributed by atoms with Crippen molar-refractivity contribution in [2.24, 2.45) is 0 Å². The van der Waals surface area contributed by atoms with Crippen LogP contribution in [-0.4, -0.2) is 83.7 Å². The quantitative estimate of drug-likeness (QED) is 0.704. The van der Waals surface area contributed by atoms with Gasteiger partial charge >= 0.3 is 0 Å². The summed E-state index contributed by atoms with van der Waals surface area (Å²) in [7, 11) is 0. The number of nitrogens with zero attached hydrogens (tertiary/aromatic N) is 3. The molecule has 3 aliphatic rings. The Hall–Kier alpha value is -2.41. The van der Waals surface area contributed by atoms with Crippen molar-refractivity contribution in [2.75, 3.05) is 45.8 Å². The van der Waals surface area contributed by atoms with Crippen LogP contribution >= 0.6 is 0 Å². The predicted octanol–water partition coefficient (Wildman–Crippen LogP) is 2.58. The molecule has 3 aliphatic heterocycles. The molecule has 2 aromatic carbocycles. The van der Waals surface area contributed by atoms with E-state index in [1.165, 1.54) is 11.1 Å². The fraction of sp³-hybridized carbons (Fsp3) is 0.519.